The molecule has 0 fully saturated rings. The normalized spacial score (nSPS) is 10.1. The molecule has 0 saturated heterocycles. The molecule has 0 atom stereocenters. The van der Waals surface area contributed by atoms with E-state index in [1.54, 1.807) is 0 Å². The smallest absolute Gasteiger partial charge is 0.315 e. The lowest BCUT2D eigenvalue weighted by molar-refractivity contribution is -0.148. The Morgan fingerprint density at radius 3 is 2.12 bits per heavy atom. The molecular weight excluding hydrogens is 200 g/mol. The van der Waals surface area contributed by atoms with Crippen LogP contribution in [0.15, 0.2) is 30.3 Å². The molecule has 2 nitrogen and oxygen atoms in total. The van der Waals surface area contributed by atoms with E-state index in [2.05, 4.69) is 0 Å². The van der Waals surface area contributed by atoms with Gasteiger partial charge in [0.05, 0.1) is 12.0 Å². The predicted octanol–water partition coefficient (Wildman–Crippen LogP) is 3.55. The monoisotopic (exact) mass is 222 g/mol. The van der Waals surface area contributed by atoms with Crippen LogP contribution in [0.5, 0.6) is 0 Å². The quantitative estimate of drug-likeness (QED) is 0.731. The molecule has 16 heavy (non-hydrogen) atoms. The van der Waals surface area contributed by atoms with Gasteiger partial charge in [-0.1, -0.05) is 44.2 Å². The van der Waals surface area contributed by atoms with Crippen LogP contribution in [0.2, 0.25) is 0 Å². The molecule has 0 aliphatic rings. The fourth-order valence-corrected chi connectivity index (χ4v) is 1.28. The van der Waals surface area contributed by atoms with Crippen molar-refractivity contribution < 1.29 is 9.53 Å². The molecular formula is C14H22O2. The molecule has 1 rings (SSSR count). The highest BCUT2D eigenvalue weighted by Gasteiger charge is 2.30. The van der Waals surface area contributed by atoms with Gasteiger partial charge >= 0.3 is 5.97 Å². The number of carbonyl (C=O) groups excluding carboxylic acids is 1. The molecule has 0 saturated carbocycles. The average Bonchev–Trinajstić information content (AvgIpc) is 2.33. The zero-order valence-corrected chi connectivity index (χ0v) is 10.9. The van der Waals surface area contributed by atoms with Gasteiger partial charge in [0.25, 0.3) is 0 Å². The van der Waals surface area contributed by atoms with Gasteiger partial charge in [0.15, 0.2) is 0 Å². The van der Waals surface area contributed by atoms with E-state index >= 15 is 0 Å². The highest BCUT2D eigenvalue weighted by Crippen LogP contribution is 2.24. The first-order chi connectivity index (χ1) is 7.59. The lowest BCUT2D eigenvalue weighted by Gasteiger charge is -2.22. The maximum Gasteiger partial charge on any atom is 0.315 e. The van der Waals surface area contributed by atoms with Crippen LogP contribution in [0.25, 0.3) is 0 Å². The van der Waals surface area contributed by atoms with Gasteiger partial charge in [-0.2, -0.15) is 0 Å². The maximum absolute atomic E-state index is 11.6. The Kier molecular flexibility index (Phi) is 6.47. The second-order valence-corrected chi connectivity index (χ2v) is 3.71. The summed E-state index contributed by atoms with van der Waals surface area (Å²) in [4.78, 5) is 11.6. The highest BCUT2D eigenvalue weighted by atomic mass is 16.5. The topological polar surface area (TPSA) is 26.3 Å². The molecule has 2 heteroatoms. The zero-order valence-electron chi connectivity index (χ0n) is 10.9. The lowest BCUT2D eigenvalue weighted by atomic mass is 9.85. The number of ether oxygens (including phenoxy) is 1. The van der Waals surface area contributed by atoms with E-state index in [4.69, 9.17) is 4.74 Å². The van der Waals surface area contributed by atoms with Crippen molar-refractivity contribution in [1.29, 1.82) is 0 Å². The van der Waals surface area contributed by atoms with E-state index in [1.807, 2.05) is 65.0 Å². The summed E-state index contributed by atoms with van der Waals surface area (Å²) in [6, 6.07) is 9.67. The minimum absolute atomic E-state index is 0.175. The third kappa shape index (κ3) is 3.69. The SMILES string of the molecule is CC.CCOC(=O)C(C)(C)c1ccccc1. The molecule has 0 spiro atoms. The van der Waals surface area contributed by atoms with Crippen molar-refractivity contribution in [2.24, 2.45) is 0 Å². The Bertz CT molecular complexity index is 302. The van der Waals surface area contributed by atoms with Gasteiger partial charge in [0.1, 0.15) is 0 Å². The maximum atomic E-state index is 11.6. The molecule has 0 aliphatic carbocycles. The van der Waals surface area contributed by atoms with E-state index in [1.165, 1.54) is 0 Å². The van der Waals surface area contributed by atoms with E-state index in [0.717, 1.165) is 5.56 Å². The Labute approximate surface area is 98.6 Å². The van der Waals surface area contributed by atoms with Crippen LogP contribution >= 0.6 is 0 Å². The van der Waals surface area contributed by atoms with Crippen LogP contribution in [0, 0.1) is 0 Å². The van der Waals surface area contributed by atoms with Crippen molar-refractivity contribution in [1.82, 2.24) is 0 Å². The molecule has 1 aromatic rings. The van der Waals surface area contributed by atoms with E-state index in [-0.39, 0.29) is 5.97 Å². The van der Waals surface area contributed by atoms with Gasteiger partial charge in [-0.05, 0) is 26.3 Å². The van der Waals surface area contributed by atoms with Crippen molar-refractivity contribution in [2.45, 2.75) is 40.0 Å². The molecule has 0 N–H and O–H groups in total. The first-order valence-electron chi connectivity index (χ1n) is 5.81. The molecule has 0 amide bonds. The summed E-state index contributed by atoms with van der Waals surface area (Å²) < 4.78 is 5.02. The Balaban J connectivity index is 0.00000106. The van der Waals surface area contributed by atoms with Crippen molar-refractivity contribution in [3.05, 3.63) is 35.9 Å². The molecule has 90 valence electrons. The number of benzene rings is 1. The van der Waals surface area contributed by atoms with Gasteiger partial charge in [0, 0.05) is 0 Å². The summed E-state index contributed by atoms with van der Waals surface area (Å²) in [6.45, 7) is 9.99. The molecule has 0 aromatic heterocycles. The number of esters is 1. The predicted molar refractivity (Wildman–Crippen MR) is 67.4 cm³/mol. The van der Waals surface area contributed by atoms with Crippen LogP contribution < -0.4 is 0 Å². The third-order valence-corrected chi connectivity index (χ3v) is 2.28. The second kappa shape index (κ2) is 7.04. The van der Waals surface area contributed by atoms with E-state index < -0.39 is 5.41 Å². The van der Waals surface area contributed by atoms with E-state index in [0.29, 0.717) is 6.61 Å². The number of carbonyl (C=O) groups is 1. The van der Waals surface area contributed by atoms with Crippen molar-refractivity contribution >= 4 is 5.97 Å². The van der Waals surface area contributed by atoms with Gasteiger partial charge < -0.3 is 4.74 Å². The van der Waals surface area contributed by atoms with Crippen LogP contribution in [0.1, 0.15) is 40.2 Å². The van der Waals surface area contributed by atoms with Gasteiger partial charge in [-0.25, -0.2) is 0 Å². The Morgan fingerprint density at radius 1 is 1.19 bits per heavy atom. The summed E-state index contributed by atoms with van der Waals surface area (Å²) >= 11 is 0. The van der Waals surface area contributed by atoms with Crippen LogP contribution in [-0.4, -0.2) is 12.6 Å². The first kappa shape index (κ1) is 14.7. The highest BCUT2D eigenvalue weighted by molar-refractivity contribution is 5.82. The number of hydrogen-bond acceptors (Lipinski definition) is 2. The lowest BCUT2D eigenvalue weighted by Crippen LogP contribution is -2.30. The Morgan fingerprint density at radius 2 is 1.69 bits per heavy atom. The van der Waals surface area contributed by atoms with Crippen molar-refractivity contribution in [3.8, 4) is 0 Å². The van der Waals surface area contributed by atoms with Crippen LogP contribution in [0.3, 0.4) is 0 Å². The summed E-state index contributed by atoms with van der Waals surface area (Å²) in [5.74, 6) is -0.175. The molecule has 0 bridgehead atoms. The summed E-state index contributed by atoms with van der Waals surface area (Å²) in [5, 5.41) is 0. The zero-order chi connectivity index (χ0) is 12.6. The largest absolute Gasteiger partial charge is 0.465 e. The molecule has 0 heterocycles. The molecule has 0 radical (unpaired) electrons. The molecule has 0 unspecified atom stereocenters. The Hall–Kier alpha value is -1.31. The fourth-order valence-electron chi connectivity index (χ4n) is 1.28. The molecule has 1 aromatic carbocycles. The second-order valence-electron chi connectivity index (χ2n) is 3.71. The minimum Gasteiger partial charge on any atom is -0.465 e. The standard InChI is InChI=1S/C12H16O2.C2H6/c1-4-14-11(13)12(2,3)10-8-6-5-7-9-10;1-2/h5-9H,4H2,1-3H3;1-2H3. The summed E-state index contributed by atoms with van der Waals surface area (Å²) in [6.07, 6.45) is 0. The number of hydrogen-bond donors (Lipinski definition) is 0. The van der Waals surface area contributed by atoms with Crippen LogP contribution in [0.4, 0.5) is 0 Å². The molecule has 0 aliphatic heterocycles. The third-order valence-electron chi connectivity index (χ3n) is 2.28. The van der Waals surface area contributed by atoms with Gasteiger partial charge in [-0.15, -0.1) is 0 Å². The van der Waals surface area contributed by atoms with Crippen molar-refractivity contribution in [3.63, 3.8) is 0 Å². The van der Waals surface area contributed by atoms with Gasteiger partial charge in [-0.3, -0.25) is 4.79 Å². The fraction of sp³-hybridized carbons (Fsp3) is 0.500. The number of rotatable bonds is 3. The van der Waals surface area contributed by atoms with E-state index in [9.17, 15) is 4.79 Å². The van der Waals surface area contributed by atoms with Crippen molar-refractivity contribution in [2.75, 3.05) is 6.61 Å². The summed E-state index contributed by atoms with van der Waals surface area (Å²) in [5.41, 5.74) is 0.426. The summed E-state index contributed by atoms with van der Waals surface area (Å²) in [7, 11) is 0. The first-order valence-corrected chi connectivity index (χ1v) is 5.81. The van der Waals surface area contributed by atoms with Crippen LogP contribution in [-0.2, 0) is 14.9 Å². The average molecular weight is 222 g/mol. The minimum atomic E-state index is -0.558. The van der Waals surface area contributed by atoms with Gasteiger partial charge in [0.2, 0.25) is 0 Å².